The molecule has 0 fully saturated rings. The second-order valence-electron chi connectivity index (χ2n) is 16.4. The second kappa shape index (κ2) is 13.4. The van der Waals surface area contributed by atoms with Gasteiger partial charge in [-0.1, -0.05) is 134 Å². The highest BCUT2D eigenvalue weighted by Crippen LogP contribution is 2.43. The Morgan fingerprint density at radius 2 is 0.756 bits per heavy atom. The molecular formula is C38H62O2S. The summed E-state index contributed by atoms with van der Waals surface area (Å²) in [6.45, 7) is 31.0. The topological polar surface area (TPSA) is 40.5 Å². The van der Waals surface area contributed by atoms with Crippen LogP contribution in [0.3, 0.4) is 0 Å². The van der Waals surface area contributed by atoms with Gasteiger partial charge in [-0.05, 0) is 80.7 Å². The monoisotopic (exact) mass is 582 g/mol. The zero-order valence-corrected chi connectivity index (χ0v) is 29.8. The van der Waals surface area contributed by atoms with Gasteiger partial charge in [-0.15, -0.1) is 0 Å². The lowest BCUT2D eigenvalue weighted by Crippen LogP contribution is -2.21. The van der Waals surface area contributed by atoms with Gasteiger partial charge in [0.2, 0.25) is 0 Å². The van der Waals surface area contributed by atoms with Crippen molar-refractivity contribution in [1.82, 2.24) is 0 Å². The van der Waals surface area contributed by atoms with Gasteiger partial charge in [-0.3, -0.25) is 0 Å². The molecule has 0 aliphatic carbocycles. The Bertz CT molecular complexity index is 987. The molecule has 2 atom stereocenters. The van der Waals surface area contributed by atoms with Crippen molar-refractivity contribution in [1.29, 1.82) is 0 Å². The summed E-state index contributed by atoms with van der Waals surface area (Å²) in [5.41, 5.74) is 6.43. The van der Waals surface area contributed by atoms with Gasteiger partial charge >= 0.3 is 0 Å². The predicted octanol–water partition coefficient (Wildman–Crippen LogP) is 11.1. The van der Waals surface area contributed by atoms with Crippen molar-refractivity contribution >= 4 is 11.8 Å². The van der Waals surface area contributed by atoms with Crippen molar-refractivity contribution in [3.63, 3.8) is 0 Å². The van der Waals surface area contributed by atoms with E-state index in [9.17, 15) is 10.2 Å². The molecule has 0 amide bonds. The Hall–Kier alpha value is -1.61. The number of hydrogen-bond donors (Lipinski definition) is 2. The number of phenolic OH excluding ortho intramolecular Hbond substituents is 2. The van der Waals surface area contributed by atoms with Gasteiger partial charge in [-0.2, -0.15) is 11.8 Å². The molecule has 0 aromatic heterocycles. The van der Waals surface area contributed by atoms with E-state index in [2.05, 4.69) is 133 Å². The number of aromatic hydroxyl groups is 2. The van der Waals surface area contributed by atoms with E-state index < -0.39 is 0 Å². The average molecular weight is 583 g/mol. The van der Waals surface area contributed by atoms with Crippen molar-refractivity contribution in [2.24, 2.45) is 0 Å². The SMILES string of the molecule is CCCC(Cc1cc(C(C)(C)C)c(O)c(C(C)(C)C)c1)SC(CCC)Cc1cc(C(C)(C)C)c(O)c(C(C)(C)C)c1. The molecule has 3 heteroatoms. The van der Waals surface area contributed by atoms with Gasteiger partial charge in [0.05, 0.1) is 0 Å². The fourth-order valence-electron chi connectivity index (χ4n) is 5.79. The van der Waals surface area contributed by atoms with E-state index in [1.807, 2.05) is 0 Å². The molecular weight excluding hydrogens is 520 g/mol. The molecule has 0 bridgehead atoms. The first kappa shape index (κ1) is 35.6. The summed E-state index contributed by atoms with van der Waals surface area (Å²) < 4.78 is 0. The average Bonchev–Trinajstić information content (AvgIpc) is 2.78. The Morgan fingerprint density at radius 3 is 0.951 bits per heavy atom. The van der Waals surface area contributed by atoms with Gasteiger partial charge in [0.25, 0.3) is 0 Å². The fraction of sp³-hybridized carbons (Fsp3) is 0.684. The quantitative estimate of drug-likeness (QED) is 0.293. The van der Waals surface area contributed by atoms with Gasteiger partial charge in [0, 0.05) is 10.5 Å². The van der Waals surface area contributed by atoms with Crippen LogP contribution in [0, 0.1) is 0 Å². The number of phenols is 2. The highest BCUT2D eigenvalue weighted by atomic mass is 32.2. The first-order chi connectivity index (χ1) is 18.6. The van der Waals surface area contributed by atoms with Crippen LogP contribution in [-0.4, -0.2) is 20.7 Å². The van der Waals surface area contributed by atoms with Crippen LogP contribution in [0.4, 0.5) is 0 Å². The van der Waals surface area contributed by atoms with Crippen LogP contribution in [-0.2, 0) is 34.5 Å². The normalized spacial score (nSPS) is 14.8. The van der Waals surface area contributed by atoms with Crippen LogP contribution >= 0.6 is 11.8 Å². The van der Waals surface area contributed by atoms with Crippen molar-refractivity contribution in [2.45, 2.75) is 168 Å². The van der Waals surface area contributed by atoms with E-state index in [0.29, 0.717) is 22.0 Å². The number of benzene rings is 2. The lowest BCUT2D eigenvalue weighted by molar-refractivity contribution is 0.421. The smallest absolute Gasteiger partial charge is 0.123 e. The number of thioether (sulfide) groups is 1. The maximum Gasteiger partial charge on any atom is 0.123 e. The molecule has 2 aromatic carbocycles. The predicted molar refractivity (Wildman–Crippen MR) is 183 cm³/mol. The maximum absolute atomic E-state index is 11.3. The van der Waals surface area contributed by atoms with Crippen LogP contribution < -0.4 is 0 Å². The zero-order valence-electron chi connectivity index (χ0n) is 29.0. The molecule has 0 saturated heterocycles. The molecule has 41 heavy (non-hydrogen) atoms. The summed E-state index contributed by atoms with van der Waals surface area (Å²) in [7, 11) is 0. The first-order valence-electron chi connectivity index (χ1n) is 16.0. The molecule has 0 saturated carbocycles. The minimum Gasteiger partial charge on any atom is -0.507 e. The minimum atomic E-state index is -0.118. The van der Waals surface area contributed by atoms with Crippen molar-refractivity contribution < 1.29 is 10.2 Å². The van der Waals surface area contributed by atoms with Crippen molar-refractivity contribution in [3.05, 3.63) is 57.6 Å². The van der Waals surface area contributed by atoms with E-state index in [1.54, 1.807) is 0 Å². The van der Waals surface area contributed by atoms with Crippen molar-refractivity contribution in [3.8, 4) is 11.5 Å². The largest absolute Gasteiger partial charge is 0.507 e. The Labute approximate surface area is 258 Å². The molecule has 0 aliphatic rings. The van der Waals surface area contributed by atoms with E-state index >= 15 is 0 Å². The maximum atomic E-state index is 11.3. The molecule has 2 nitrogen and oxygen atoms in total. The van der Waals surface area contributed by atoms with Crippen LogP contribution in [0.25, 0.3) is 0 Å². The minimum absolute atomic E-state index is 0.118. The van der Waals surface area contributed by atoms with E-state index in [0.717, 1.165) is 47.9 Å². The molecule has 0 heterocycles. The third-order valence-corrected chi connectivity index (χ3v) is 9.68. The van der Waals surface area contributed by atoms with Crippen LogP contribution in [0.15, 0.2) is 24.3 Å². The molecule has 0 spiro atoms. The fourth-order valence-corrected chi connectivity index (χ4v) is 7.65. The standard InChI is InChI=1S/C38H62O2S/c1-15-17-27(19-25-21-29(35(3,4)5)33(39)30(22-25)36(6,7)8)41-28(18-16-2)20-26-23-31(37(9,10)11)34(40)32(24-26)38(12,13)14/h21-24,27-28,39-40H,15-20H2,1-14H3. The zero-order chi connectivity index (χ0) is 31.6. The first-order valence-corrected chi connectivity index (χ1v) is 16.9. The van der Waals surface area contributed by atoms with Crippen molar-refractivity contribution in [2.75, 3.05) is 0 Å². The summed E-state index contributed by atoms with van der Waals surface area (Å²) in [6.07, 6.45) is 6.71. The summed E-state index contributed by atoms with van der Waals surface area (Å²) in [4.78, 5) is 0. The highest BCUT2D eigenvalue weighted by Gasteiger charge is 2.29. The molecule has 2 unspecified atom stereocenters. The summed E-state index contributed by atoms with van der Waals surface area (Å²) >= 11 is 2.17. The van der Waals surface area contributed by atoms with Gasteiger partial charge in [-0.25, -0.2) is 0 Å². The molecule has 232 valence electrons. The lowest BCUT2D eigenvalue weighted by atomic mass is 9.78. The number of hydrogen-bond acceptors (Lipinski definition) is 3. The number of rotatable bonds is 10. The summed E-state index contributed by atoms with van der Waals surface area (Å²) in [5, 5.41) is 23.5. The molecule has 0 radical (unpaired) electrons. The Balaban J connectivity index is 2.49. The highest BCUT2D eigenvalue weighted by molar-refractivity contribution is 8.00. The van der Waals surface area contributed by atoms with Crippen LogP contribution in [0.5, 0.6) is 11.5 Å². The summed E-state index contributed by atoms with van der Waals surface area (Å²) in [5.74, 6) is 0.933. The van der Waals surface area contributed by atoms with Gasteiger partial charge in [0.15, 0.2) is 0 Å². The molecule has 2 rings (SSSR count). The van der Waals surface area contributed by atoms with E-state index in [-0.39, 0.29) is 21.7 Å². The summed E-state index contributed by atoms with van der Waals surface area (Å²) in [6, 6.07) is 9.09. The van der Waals surface area contributed by atoms with Gasteiger partial charge < -0.3 is 10.2 Å². The van der Waals surface area contributed by atoms with Crippen LogP contribution in [0.1, 0.15) is 156 Å². The third-order valence-electron chi connectivity index (χ3n) is 8.10. The van der Waals surface area contributed by atoms with E-state index in [1.165, 1.54) is 24.0 Å². The molecule has 2 aromatic rings. The molecule has 2 N–H and O–H groups in total. The van der Waals surface area contributed by atoms with E-state index in [4.69, 9.17) is 0 Å². The van der Waals surface area contributed by atoms with Crippen LogP contribution in [0.2, 0.25) is 0 Å². The lowest BCUT2D eigenvalue weighted by Gasteiger charge is -2.30. The Morgan fingerprint density at radius 1 is 0.512 bits per heavy atom. The second-order valence-corrected chi connectivity index (χ2v) is 18.1. The molecule has 0 aliphatic heterocycles. The Kier molecular flexibility index (Phi) is 11.6. The third kappa shape index (κ3) is 9.70. The van der Waals surface area contributed by atoms with Gasteiger partial charge in [0.1, 0.15) is 11.5 Å².